The maximum atomic E-state index is 13.6. The SMILES string of the molecule is CNC(=O)[C@H](C)N(Cc1cccc(C)c1)C(=O)CN(c1cccc(Cl)c1)S(=O)(=O)c1ccccc1. The fourth-order valence-electron chi connectivity index (χ4n) is 3.68. The van der Waals surface area contributed by atoms with Crippen LogP contribution in [0.3, 0.4) is 0 Å². The monoisotopic (exact) mass is 513 g/mol. The molecular weight excluding hydrogens is 486 g/mol. The van der Waals surface area contributed by atoms with Gasteiger partial charge in [0, 0.05) is 18.6 Å². The first-order chi connectivity index (χ1) is 16.6. The summed E-state index contributed by atoms with van der Waals surface area (Å²) in [5.74, 6) is -0.881. The van der Waals surface area contributed by atoms with Crippen LogP contribution in [0.4, 0.5) is 5.69 Å². The quantitative estimate of drug-likeness (QED) is 0.468. The van der Waals surface area contributed by atoms with Crippen molar-refractivity contribution in [2.75, 3.05) is 17.9 Å². The van der Waals surface area contributed by atoms with Crippen molar-refractivity contribution in [1.82, 2.24) is 10.2 Å². The van der Waals surface area contributed by atoms with Gasteiger partial charge < -0.3 is 10.2 Å². The summed E-state index contributed by atoms with van der Waals surface area (Å²) in [6.45, 7) is 3.18. The molecule has 0 aliphatic heterocycles. The highest BCUT2D eigenvalue weighted by Gasteiger charge is 2.32. The van der Waals surface area contributed by atoms with Gasteiger partial charge in [0.1, 0.15) is 12.6 Å². The molecule has 0 saturated carbocycles. The Morgan fingerprint density at radius 3 is 2.29 bits per heavy atom. The van der Waals surface area contributed by atoms with E-state index in [1.165, 1.54) is 30.1 Å². The van der Waals surface area contributed by atoms with E-state index < -0.39 is 28.5 Å². The molecule has 1 N–H and O–H groups in total. The van der Waals surface area contributed by atoms with Crippen LogP contribution in [-0.4, -0.2) is 44.8 Å². The summed E-state index contributed by atoms with van der Waals surface area (Å²) in [5.41, 5.74) is 2.09. The summed E-state index contributed by atoms with van der Waals surface area (Å²) in [4.78, 5) is 27.5. The second-order valence-electron chi connectivity index (χ2n) is 8.11. The third-order valence-electron chi connectivity index (χ3n) is 5.56. The van der Waals surface area contributed by atoms with Crippen LogP contribution in [0, 0.1) is 6.92 Å². The second-order valence-corrected chi connectivity index (χ2v) is 10.4. The largest absolute Gasteiger partial charge is 0.357 e. The number of nitrogens with zero attached hydrogens (tertiary/aromatic N) is 2. The van der Waals surface area contributed by atoms with Gasteiger partial charge >= 0.3 is 0 Å². The van der Waals surface area contributed by atoms with Crippen LogP contribution in [0.2, 0.25) is 5.02 Å². The number of halogens is 1. The summed E-state index contributed by atoms with van der Waals surface area (Å²) >= 11 is 6.15. The van der Waals surface area contributed by atoms with Crippen LogP contribution in [-0.2, 0) is 26.2 Å². The summed E-state index contributed by atoms with van der Waals surface area (Å²) < 4.78 is 28.2. The van der Waals surface area contributed by atoms with E-state index in [2.05, 4.69) is 5.32 Å². The number of hydrogen-bond donors (Lipinski definition) is 1. The van der Waals surface area contributed by atoms with Gasteiger partial charge in [0.2, 0.25) is 11.8 Å². The molecule has 35 heavy (non-hydrogen) atoms. The number of nitrogens with one attached hydrogen (secondary N) is 1. The minimum atomic E-state index is -4.10. The van der Waals surface area contributed by atoms with E-state index in [1.807, 2.05) is 31.2 Å². The summed E-state index contributed by atoms with van der Waals surface area (Å²) in [5, 5.41) is 2.90. The summed E-state index contributed by atoms with van der Waals surface area (Å²) in [7, 11) is -2.61. The van der Waals surface area contributed by atoms with Crippen molar-refractivity contribution in [2.24, 2.45) is 0 Å². The Kier molecular flexibility index (Phi) is 8.53. The number of anilines is 1. The number of sulfonamides is 1. The van der Waals surface area contributed by atoms with E-state index in [-0.39, 0.29) is 23.0 Å². The van der Waals surface area contributed by atoms with Gasteiger partial charge in [0.25, 0.3) is 10.0 Å². The van der Waals surface area contributed by atoms with Crippen LogP contribution >= 0.6 is 11.6 Å². The van der Waals surface area contributed by atoms with Crippen molar-refractivity contribution in [3.63, 3.8) is 0 Å². The number of carbonyl (C=O) groups excluding carboxylic acids is 2. The van der Waals surface area contributed by atoms with Crippen molar-refractivity contribution in [3.8, 4) is 0 Å². The highest BCUT2D eigenvalue weighted by molar-refractivity contribution is 7.92. The Labute approximate surface area is 211 Å². The van der Waals surface area contributed by atoms with Gasteiger partial charge in [-0.05, 0) is 49.7 Å². The fourth-order valence-corrected chi connectivity index (χ4v) is 5.29. The van der Waals surface area contributed by atoms with Gasteiger partial charge in [-0.1, -0.05) is 65.7 Å². The molecule has 9 heteroatoms. The standard InChI is InChI=1S/C26H28ClN3O4S/c1-19-9-7-10-21(15-19)17-29(20(2)26(32)28-3)25(31)18-30(23-12-8-11-22(27)16-23)35(33,34)24-13-5-4-6-14-24/h4-16,20H,17-18H2,1-3H3,(H,28,32)/t20-/m0/s1. The zero-order valence-electron chi connectivity index (χ0n) is 19.8. The lowest BCUT2D eigenvalue weighted by Gasteiger charge is -2.31. The van der Waals surface area contributed by atoms with Gasteiger partial charge in [0.05, 0.1) is 10.6 Å². The molecule has 0 radical (unpaired) electrons. The molecule has 1 atom stereocenters. The Balaban J connectivity index is 2.02. The number of amides is 2. The number of rotatable bonds is 9. The highest BCUT2D eigenvalue weighted by atomic mass is 35.5. The Morgan fingerprint density at radius 2 is 1.66 bits per heavy atom. The molecular formula is C26H28ClN3O4S. The average molecular weight is 514 g/mol. The molecule has 0 aliphatic carbocycles. The van der Waals surface area contributed by atoms with Gasteiger partial charge in [-0.3, -0.25) is 13.9 Å². The van der Waals surface area contributed by atoms with E-state index in [9.17, 15) is 18.0 Å². The minimum Gasteiger partial charge on any atom is -0.357 e. The van der Waals surface area contributed by atoms with E-state index in [4.69, 9.17) is 11.6 Å². The van der Waals surface area contributed by atoms with E-state index in [1.54, 1.807) is 43.3 Å². The van der Waals surface area contributed by atoms with Crippen LogP contribution in [0.15, 0.2) is 83.8 Å². The molecule has 0 heterocycles. The minimum absolute atomic E-state index is 0.0392. The lowest BCUT2D eigenvalue weighted by Crippen LogP contribution is -2.50. The molecule has 0 fully saturated rings. The smallest absolute Gasteiger partial charge is 0.264 e. The fraction of sp³-hybridized carbons (Fsp3) is 0.231. The van der Waals surface area contributed by atoms with Crippen LogP contribution in [0.5, 0.6) is 0 Å². The molecule has 0 unspecified atom stereocenters. The topological polar surface area (TPSA) is 86.8 Å². The molecule has 0 aliphatic rings. The van der Waals surface area contributed by atoms with Crippen molar-refractivity contribution >= 4 is 39.1 Å². The second kappa shape index (κ2) is 11.4. The van der Waals surface area contributed by atoms with Gasteiger partial charge in [-0.15, -0.1) is 0 Å². The Bertz CT molecular complexity index is 1300. The van der Waals surface area contributed by atoms with Crippen LogP contribution in [0.1, 0.15) is 18.1 Å². The van der Waals surface area contributed by atoms with Crippen molar-refractivity contribution in [2.45, 2.75) is 31.3 Å². The molecule has 3 aromatic rings. The first-order valence-electron chi connectivity index (χ1n) is 11.0. The highest BCUT2D eigenvalue weighted by Crippen LogP contribution is 2.26. The Hall–Kier alpha value is -3.36. The molecule has 3 rings (SSSR count). The summed E-state index contributed by atoms with van der Waals surface area (Å²) in [6.07, 6.45) is 0. The molecule has 0 spiro atoms. The molecule has 0 bridgehead atoms. The van der Waals surface area contributed by atoms with E-state index in [0.717, 1.165) is 15.4 Å². The van der Waals surface area contributed by atoms with Gasteiger partial charge in [-0.2, -0.15) is 0 Å². The predicted octanol–water partition coefficient (Wildman–Crippen LogP) is 4.01. The van der Waals surface area contributed by atoms with Crippen molar-refractivity contribution in [3.05, 3.63) is 95.0 Å². The third kappa shape index (κ3) is 6.41. The van der Waals surface area contributed by atoms with Gasteiger partial charge in [-0.25, -0.2) is 8.42 Å². The number of benzene rings is 3. The first-order valence-corrected chi connectivity index (χ1v) is 12.8. The summed E-state index contributed by atoms with van der Waals surface area (Å²) in [6, 6.07) is 20.9. The third-order valence-corrected chi connectivity index (χ3v) is 7.58. The van der Waals surface area contributed by atoms with E-state index in [0.29, 0.717) is 5.02 Å². The van der Waals surface area contributed by atoms with Crippen molar-refractivity contribution < 1.29 is 18.0 Å². The molecule has 0 aromatic heterocycles. The number of carbonyl (C=O) groups is 2. The Morgan fingerprint density at radius 1 is 0.971 bits per heavy atom. The lowest BCUT2D eigenvalue weighted by molar-refractivity contribution is -0.139. The van der Waals surface area contributed by atoms with Crippen LogP contribution < -0.4 is 9.62 Å². The average Bonchev–Trinajstić information content (AvgIpc) is 2.85. The van der Waals surface area contributed by atoms with E-state index >= 15 is 0 Å². The number of aryl methyl sites for hydroxylation is 1. The van der Waals surface area contributed by atoms with Crippen LogP contribution in [0.25, 0.3) is 0 Å². The molecule has 2 amide bonds. The maximum absolute atomic E-state index is 13.6. The molecule has 0 saturated heterocycles. The van der Waals surface area contributed by atoms with Gasteiger partial charge in [0.15, 0.2) is 0 Å². The first kappa shape index (κ1) is 26.2. The maximum Gasteiger partial charge on any atom is 0.264 e. The molecule has 3 aromatic carbocycles. The molecule has 184 valence electrons. The number of hydrogen-bond acceptors (Lipinski definition) is 4. The molecule has 7 nitrogen and oxygen atoms in total. The zero-order valence-corrected chi connectivity index (χ0v) is 21.4. The zero-order chi connectivity index (χ0) is 25.6. The van der Waals surface area contributed by atoms with Crippen molar-refractivity contribution in [1.29, 1.82) is 0 Å². The normalized spacial score (nSPS) is 12.0. The lowest BCUT2D eigenvalue weighted by atomic mass is 10.1. The number of likely N-dealkylation sites (N-methyl/N-ethyl adjacent to an activating group) is 1. The predicted molar refractivity (Wildman–Crippen MR) is 138 cm³/mol.